The molecule has 224 valence electrons. The van der Waals surface area contributed by atoms with Gasteiger partial charge in [-0.3, -0.25) is 0 Å². The summed E-state index contributed by atoms with van der Waals surface area (Å²) in [5.74, 6) is -0.180. The Kier molecular flexibility index (Phi) is 6.08. The lowest BCUT2D eigenvalue weighted by Gasteiger charge is -2.41. The van der Waals surface area contributed by atoms with E-state index in [-0.39, 0.29) is 0 Å². The van der Waals surface area contributed by atoms with Crippen molar-refractivity contribution >= 4 is 16.8 Å². The lowest BCUT2D eigenvalue weighted by Crippen LogP contribution is -2.36. The minimum absolute atomic E-state index is 0.441. The lowest BCUT2D eigenvalue weighted by molar-refractivity contribution is 0.163. The molecule has 1 spiro atoms. The van der Waals surface area contributed by atoms with Gasteiger partial charge in [0.25, 0.3) is 0 Å². The van der Waals surface area contributed by atoms with Crippen LogP contribution in [-0.4, -0.2) is 0 Å². The Labute approximate surface area is 267 Å². The Balaban J connectivity index is 1.31. The molecule has 1 saturated carbocycles. The van der Waals surface area contributed by atoms with Crippen LogP contribution in [0, 0.1) is 11.6 Å². The SMILES string of the molecule is Fc1cc(F)c2c(c1)-c1c(c3c(c4ccccc14)OC(c1ccccc1)(c1ccc(-c4ccccc4)cc1)C=C3)C21CCCCC1. The van der Waals surface area contributed by atoms with Crippen molar-refractivity contribution in [2.75, 3.05) is 0 Å². The molecule has 0 radical (unpaired) electrons. The van der Waals surface area contributed by atoms with Crippen LogP contribution in [-0.2, 0) is 11.0 Å². The van der Waals surface area contributed by atoms with Crippen molar-refractivity contribution in [2.45, 2.75) is 43.1 Å². The van der Waals surface area contributed by atoms with Crippen LogP contribution >= 0.6 is 0 Å². The number of hydrogen-bond donors (Lipinski definition) is 0. The fourth-order valence-electron chi connectivity index (χ4n) is 8.61. The van der Waals surface area contributed by atoms with Crippen molar-refractivity contribution in [1.29, 1.82) is 0 Å². The number of halogens is 2. The van der Waals surface area contributed by atoms with E-state index in [1.807, 2.05) is 36.4 Å². The van der Waals surface area contributed by atoms with Crippen LogP contribution in [0.3, 0.4) is 0 Å². The van der Waals surface area contributed by atoms with Crippen molar-refractivity contribution in [3.05, 3.63) is 167 Å². The number of hydrogen-bond acceptors (Lipinski definition) is 1. The number of benzene rings is 6. The van der Waals surface area contributed by atoms with Gasteiger partial charge in [-0.25, -0.2) is 8.78 Å². The summed E-state index contributed by atoms with van der Waals surface area (Å²) < 4.78 is 38.4. The molecule has 6 aromatic carbocycles. The van der Waals surface area contributed by atoms with Crippen LogP contribution in [0.25, 0.3) is 39.1 Å². The van der Waals surface area contributed by atoms with Gasteiger partial charge in [-0.2, -0.15) is 0 Å². The molecule has 0 bridgehead atoms. The van der Waals surface area contributed by atoms with E-state index < -0.39 is 22.7 Å². The van der Waals surface area contributed by atoms with Crippen LogP contribution < -0.4 is 4.74 Å². The minimum atomic E-state index is -0.886. The molecule has 0 saturated heterocycles. The maximum atomic E-state index is 16.0. The van der Waals surface area contributed by atoms with E-state index >= 15 is 4.39 Å². The van der Waals surface area contributed by atoms with E-state index in [4.69, 9.17) is 4.74 Å². The molecule has 0 aromatic heterocycles. The molecule has 1 heterocycles. The summed E-state index contributed by atoms with van der Waals surface area (Å²) in [7, 11) is 0. The summed E-state index contributed by atoms with van der Waals surface area (Å²) >= 11 is 0. The molecule has 3 heteroatoms. The second kappa shape index (κ2) is 10.3. The molecule has 46 heavy (non-hydrogen) atoms. The molecule has 2 aliphatic carbocycles. The van der Waals surface area contributed by atoms with E-state index in [2.05, 4.69) is 84.9 Å². The van der Waals surface area contributed by atoms with Gasteiger partial charge in [-0.15, -0.1) is 0 Å². The van der Waals surface area contributed by atoms with Crippen molar-refractivity contribution in [1.82, 2.24) is 0 Å². The zero-order valence-corrected chi connectivity index (χ0v) is 25.4. The second-order valence-corrected chi connectivity index (χ2v) is 13.0. The quantitative estimate of drug-likeness (QED) is 0.196. The Bertz CT molecular complexity index is 2160. The summed E-state index contributed by atoms with van der Waals surface area (Å²) in [4.78, 5) is 0. The van der Waals surface area contributed by atoms with Crippen molar-refractivity contribution < 1.29 is 13.5 Å². The topological polar surface area (TPSA) is 9.23 Å². The number of fused-ring (bicyclic) bond motifs is 10. The molecule has 1 nitrogen and oxygen atoms in total. The highest BCUT2D eigenvalue weighted by Gasteiger charge is 2.50. The van der Waals surface area contributed by atoms with Gasteiger partial charge < -0.3 is 4.74 Å². The van der Waals surface area contributed by atoms with Gasteiger partial charge in [0, 0.05) is 39.1 Å². The monoisotopic (exact) mass is 602 g/mol. The number of rotatable bonds is 3. The standard InChI is InChI=1S/C43H32F2O/c44-32-26-36-38-33-16-8-9-17-34(33)41-35(40(38)42(23-10-3-11-24-42)39(36)37(45)27-32)22-25-43(46-41,30-14-6-2-7-15-30)31-20-18-29(19-21-31)28-12-4-1-5-13-28/h1-2,4-9,12-22,25-27H,3,10-11,23-24H2. The van der Waals surface area contributed by atoms with E-state index in [0.29, 0.717) is 11.1 Å². The molecule has 3 aliphatic rings. The molecule has 1 atom stereocenters. The van der Waals surface area contributed by atoms with E-state index in [0.717, 1.165) is 93.6 Å². The van der Waals surface area contributed by atoms with Crippen LogP contribution in [0.4, 0.5) is 8.78 Å². The third-order valence-electron chi connectivity index (χ3n) is 10.6. The van der Waals surface area contributed by atoms with Gasteiger partial charge in [0.2, 0.25) is 0 Å². The predicted octanol–water partition coefficient (Wildman–Crippen LogP) is 11.4. The molecule has 6 aromatic rings. The average molecular weight is 603 g/mol. The zero-order valence-electron chi connectivity index (χ0n) is 25.4. The van der Waals surface area contributed by atoms with Gasteiger partial charge in [0.15, 0.2) is 5.60 Å². The first kappa shape index (κ1) is 27.3. The summed E-state index contributed by atoms with van der Waals surface area (Å²) in [5, 5.41) is 1.92. The summed E-state index contributed by atoms with van der Waals surface area (Å²) in [6.45, 7) is 0. The Morgan fingerprint density at radius 2 is 1.22 bits per heavy atom. The van der Waals surface area contributed by atoms with Crippen molar-refractivity contribution in [3.8, 4) is 28.0 Å². The molecule has 1 unspecified atom stereocenters. The average Bonchev–Trinajstić information content (AvgIpc) is 3.38. The molecule has 0 amide bonds. The molecule has 0 N–H and O–H groups in total. The first-order valence-corrected chi connectivity index (χ1v) is 16.3. The molecular weight excluding hydrogens is 570 g/mol. The van der Waals surface area contributed by atoms with Gasteiger partial charge in [0.05, 0.1) is 0 Å². The summed E-state index contributed by atoms with van der Waals surface area (Å²) in [6.07, 6.45) is 9.17. The largest absolute Gasteiger partial charge is 0.472 e. The van der Waals surface area contributed by atoms with Crippen LogP contribution in [0.1, 0.15) is 59.9 Å². The molecule has 1 fully saturated rings. The Morgan fingerprint density at radius 1 is 0.587 bits per heavy atom. The van der Waals surface area contributed by atoms with Gasteiger partial charge >= 0.3 is 0 Å². The fourth-order valence-corrected chi connectivity index (χ4v) is 8.61. The fraction of sp³-hybridized carbons (Fsp3) is 0.163. The third kappa shape index (κ3) is 3.84. The normalized spacial score (nSPS) is 19.0. The first-order chi connectivity index (χ1) is 22.6. The van der Waals surface area contributed by atoms with E-state index in [9.17, 15) is 4.39 Å². The van der Waals surface area contributed by atoms with Crippen LogP contribution in [0.5, 0.6) is 5.75 Å². The highest BCUT2D eigenvalue weighted by Crippen LogP contribution is 2.62. The highest BCUT2D eigenvalue weighted by atomic mass is 19.1. The Morgan fingerprint density at radius 3 is 1.96 bits per heavy atom. The van der Waals surface area contributed by atoms with Crippen LogP contribution in [0.15, 0.2) is 127 Å². The first-order valence-electron chi connectivity index (χ1n) is 16.3. The maximum Gasteiger partial charge on any atom is 0.178 e. The van der Waals surface area contributed by atoms with Gasteiger partial charge in [0.1, 0.15) is 17.4 Å². The summed E-state index contributed by atoms with van der Waals surface area (Å²) in [6, 6.07) is 40.2. The predicted molar refractivity (Wildman–Crippen MR) is 182 cm³/mol. The highest BCUT2D eigenvalue weighted by molar-refractivity contribution is 6.08. The lowest BCUT2D eigenvalue weighted by atomic mass is 9.66. The van der Waals surface area contributed by atoms with E-state index in [1.165, 1.54) is 0 Å². The van der Waals surface area contributed by atoms with E-state index in [1.54, 1.807) is 6.07 Å². The third-order valence-corrected chi connectivity index (χ3v) is 10.6. The summed E-state index contributed by atoms with van der Waals surface area (Å²) in [5.41, 5.74) is 7.33. The van der Waals surface area contributed by atoms with Gasteiger partial charge in [-0.1, -0.05) is 135 Å². The molecule has 9 rings (SSSR count). The zero-order chi connectivity index (χ0) is 30.9. The smallest absolute Gasteiger partial charge is 0.178 e. The minimum Gasteiger partial charge on any atom is -0.472 e. The van der Waals surface area contributed by atoms with Gasteiger partial charge in [-0.05, 0) is 58.2 Å². The Hall–Kier alpha value is -5.02. The van der Waals surface area contributed by atoms with Crippen molar-refractivity contribution in [2.24, 2.45) is 0 Å². The second-order valence-electron chi connectivity index (χ2n) is 13.0. The van der Waals surface area contributed by atoms with Crippen LogP contribution in [0.2, 0.25) is 0 Å². The van der Waals surface area contributed by atoms with Crippen molar-refractivity contribution in [3.63, 3.8) is 0 Å². The molecule has 1 aliphatic heterocycles. The maximum absolute atomic E-state index is 16.0. The number of ether oxygens (including phenoxy) is 1. The molecular formula is C43H32F2O.